The Balaban J connectivity index is 1.72. The van der Waals surface area contributed by atoms with Crippen molar-refractivity contribution in [3.8, 4) is 0 Å². The summed E-state index contributed by atoms with van der Waals surface area (Å²) in [6.07, 6.45) is 0.0755. The van der Waals surface area contributed by atoms with E-state index in [1.165, 1.54) is 23.1 Å². The van der Waals surface area contributed by atoms with Crippen molar-refractivity contribution in [2.75, 3.05) is 18.5 Å². The van der Waals surface area contributed by atoms with E-state index in [4.69, 9.17) is 17.0 Å². The molecule has 0 radical (unpaired) electrons. The van der Waals surface area contributed by atoms with Gasteiger partial charge in [-0.3, -0.25) is 9.59 Å². The molecule has 0 spiro atoms. The van der Waals surface area contributed by atoms with Crippen LogP contribution in [-0.4, -0.2) is 39.2 Å². The van der Waals surface area contributed by atoms with Gasteiger partial charge in [0.2, 0.25) is 5.91 Å². The first-order chi connectivity index (χ1) is 16.5. The van der Waals surface area contributed by atoms with E-state index in [9.17, 15) is 9.59 Å². The fraction of sp³-hybridized carbons (Fsp3) is 0.280. The van der Waals surface area contributed by atoms with Crippen LogP contribution in [-0.2, 0) is 27.3 Å². The number of carbonyl (C=O) groups excluding carboxylic acids is 2. The van der Waals surface area contributed by atoms with Crippen molar-refractivity contribution in [3.63, 3.8) is 0 Å². The second-order valence-corrected chi connectivity index (χ2v) is 9.89. The van der Waals surface area contributed by atoms with Gasteiger partial charge in [-0.15, -0.1) is 11.3 Å². The lowest BCUT2D eigenvalue weighted by Crippen LogP contribution is -2.29. The van der Waals surface area contributed by atoms with Crippen LogP contribution in [0.5, 0.6) is 0 Å². The Hall–Kier alpha value is -2.75. The number of benzene rings is 2. The number of esters is 1. The van der Waals surface area contributed by atoms with Crippen molar-refractivity contribution in [2.24, 2.45) is 0 Å². The van der Waals surface area contributed by atoms with E-state index in [0.29, 0.717) is 28.3 Å². The van der Waals surface area contributed by atoms with Gasteiger partial charge in [-0.05, 0) is 25.0 Å². The summed E-state index contributed by atoms with van der Waals surface area (Å²) >= 11 is 8.38. The zero-order chi connectivity index (χ0) is 24.3. The van der Waals surface area contributed by atoms with Gasteiger partial charge in [-0.25, -0.2) is 4.98 Å². The molecule has 3 rings (SSSR count). The zero-order valence-electron chi connectivity index (χ0n) is 19.1. The third kappa shape index (κ3) is 7.65. The normalized spacial score (nSPS) is 11.5. The summed E-state index contributed by atoms with van der Waals surface area (Å²) < 4.78 is 5.62. The molecule has 3 aromatic rings. The Bertz CT molecular complexity index is 1090. The van der Waals surface area contributed by atoms with E-state index in [0.717, 1.165) is 17.7 Å². The van der Waals surface area contributed by atoms with E-state index in [1.807, 2.05) is 55.5 Å². The summed E-state index contributed by atoms with van der Waals surface area (Å²) in [6, 6.07) is 19.7. The molecule has 1 unspecified atom stereocenters. The molecule has 0 fully saturated rings. The Labute approximate surface area is 213 Å². The summed E-state index contributed by atoms with van der Waals surface area (Å²) in [4.78, 5) is 31.5. The van der Waals surface area contributed by atoms with Crippen LogP contribution in [0.4, 0.5) is 5.13 Å². The van der Waals surface area contributed by atoms with E-state index in [1.54, 1.807) is 12.3 Å². The molecule has 0 bridgehead atoms. The highest BCUT2D eigenvalue weighted by atomic mass is 32.2. The van der Waals surface area contributed by atoms with Crippen LogP contribution >= 0.6 is 35.3 Å². The Morgan fingerprint density at radius 3 is 2.44 bits per heavy atom. The highest BCUT2D eigenvalue weighted by Gasteiger charge is 2.26. The molecule has 0 aliphatic carbocycles. The topological polar surface area (TPSA) is 71.5 Å². The number of rotatable bonds is 10. The van der Waals surface area contributed by atoms with Crippen molar-refractivity contribution >= 4 is 56.6 Å². The van der Waals surface area contributed by atoms with E-state index in [-0.39, 0.29) is 18.3 Å². The average Bonchev–Trinajstić information content (AvgIpc) is 3.28. The van der Waals surface area contributed by atoms with Crippen molar-refractivity contribution in [2.45, 2.75) is 32.1 Å². The fourth-order valence-electron chi connectivity index (χ4n) is 3.16. The number of thiazole rings is 1. The van der Waals surface area contributed by atoms with E-state index in [2.05, 4.69) is 27.3 Å². The van der Waals surface area contributed by atoms with Crippen LogP contribution in [0.25, 0.3) is 0 Å². The van der Waals surface area contributed by atoms with Gasteiger partial charge in [0, 0.05) is 18.5 Å². The highest BCUT2D eigenvalue weighted by molar-refractivity contribution is 8.23. The van der Waals surface area contributed by atoms with E-state index < -0.39 is 5.25 Å². The van der Waals surface area contributed by atoms with Gasteiger partial charge in [0.05, 0.1) is 18.7 Å². The van der Waals surface area contributed by atoms with Crippen LogP contribution in [0.3, 0.4) is 0 Å². The van der Waals surface area contributed by atoms with Crippen LogP contribution < -0.4 is 5.32 Å². The standard InChI is InChI=1S/C25H27N3O3S3/c1-3-28(16-18-11-7-5-8-12-18)25(32)34-22(19-13-9-6-10-14-19)23(30)27-24-26-20(17-33-24)15-21(29)31-4-2/h5-14,17,22H,3-4,15-16H2,1-2H3,(H,26,27,30). The van der Waals surface area contributed by atoms with Crippen LogP contribution in [0.2, 0.25) is 0 Å². The molecule has 1 amide bonds. The number of anilines is 1. The molecule has 0 aliphatic rings. The SMILES string of the molecule is CCOC(=O)Cc1csc(NC(=O)C(SC(=S)N(CC)Cc2ccccc2)c2ccccc2)n1. The van der Waals surface area contributed by atoms with Crippen molar-refractivity contribution in [1.29, 1.82) is 0 Å². The maximum absolute atomic E-state index is 13.3. The van der Waals surface area contributed by atoms with Gasteiger partial charge in [0.15, 0.2) is 5.13 Å². The Kier molecular flexibility index (Phi) is 10.1. The predicted molar refractivity (Wildman–Crippen MR) is 143 cm³/mol. The number of thiocarbonyl (C=S) groups is 1. The third-order valence-corrected chi connectivity index (χ3v) is 7.36. The number of hydrogen-bond donors (Lipinski definition) is 1. The van der Waals surface area contributed by atoms with Gasteiger partial charge in [-0.1, -0.05) is 84.6 Å². The summed E-state index contributed by atoms with van der Waals surface area (Å²) in [6.45, 7) is 5.54. The van der Waals surface area contributed by atoms with Crippen LogP contribution in [0.1, 0.15) is 35.9 Å². The fourth-order valence-corrected chi connectivity index (χ4v) is 5.36. The van der Waals surface area contributed by atoms with Crippen LogP contribution in [0, 0.1) is 0 Å². The maximum atomic E-state index is 13.3. The lowest BCUT2D eigenvalue weighted by Gasteiger charge is -2.26. The van der Waals surface area contributed by atoms with Crippen molar-refractivity contribution in [3.05, 3.63) is 82.9 Å². The molecule has 178 valence electrons. The number of carbonyl (C=O) groups is 2. The van der Waals surface area contributed by atoms with Gasteiger partial charge in [-0.2, -0.15) is 0 Å². The minimum atomic E-state index is -0.545. The molecule has 1 atom stereocenters. The highest BCUT2D eigenvalue weighted by Crippen LogP contribution is 2.33. The van der Waals surface area contributed by atoms with Gasteiger partial charge >= 0.3 is 5.97 Å². The monoisotopic (exact) mass is 513 g/mol. The largest absolute Gasteiger partial charge is 0.466 e. The third-order valence-electron chi connectivity index (χ3n) is 4.83. The number of hydrogen-bond acceptors (Lipinski definition) is 7. The second kappa shape index (κ2) is 13.2. The van der Waals surface area contributed by atoms with Gasteiger partial charge in [0.25, 0.3) is 0 Å². The van der Waals surface area contributed by atoms with Gasteiger partial charge < -0.3 is 15.0 Å². The summed E-state index contributed by atoms with van der Waals surface area (Å²) in [7, 11) is 0. The molecule has 2 aromatic carbocycles. The number of ether oxygens (including phenoxy) is 1. The minimum Gasteiger partial charge on any atom is -0.466 e. The first-order valence-corrected chi connectivity index (χ1v) is 13.1. The first kappa shape index (κ1) is 25.9. The molecule has 9 heteroatoms. The maximum Gasteiger partial charge on any atom is 0.311 e. The molecule has 1 heterocycles. The molecular formula is C25H27N3O3S3. The number of thioether (sulfide) groups is 1. The Morgan fingerprint density at radius 2 is 1.79 bits per heavy atom. The molecule has 1 aromatic heterocycles. The number of nitrogens with zero attached hydrogens (tertiary/aromatic N) is 2. The summed E-state index contributed by atoms with van der Waals surface area (Å²) in [5, 5.41) is 4.54. The lowest BCUT2D eigenvalue weighted by molar-refractivity contribution is -0.142. The second-order valence-electron chi connectivity index (χ2n) is 7.29. The predicted octanol–water partition coefficient (Wildman–Crippen LogP) is 5.47. The van der Waals surface area contributed by atoms with Crippen molar-refractivity contribution in [1.82, 2.24) is 9.88 Å². The van der Waals surface area contributed by atoms with Crippen LogP contribution in [0.15, 0.2) is 66.0 Å². The number of aromatic nitrogens is 1. The van der Waals surface area contributed by atoms with Crippen molar-refractivity contribution < 1.29 is 14.3 Å². The van der Waals surface area contributed by atoms with Gasteiger partial charge in [0.1, 0.15) is 9.57 Å². The first-order valence-electron chi connectivity index (χ1n) is 11.0. The summed E-state index contributed by atoms with van der Waals surface area (Å²) in [5.74, 6) is -0.557. The number of amides is 1. The smallest absolute Gasteiger partial charge is 0.311 e. The molecule has 0 saturated carbocycles. The lowest BCUT2D eigenvalue weighted by atomic mass is 10.1. The average molecular weight is 514 g/mol. The zero-order valence-corrected chi connectivity index (χ0v) is 21.6. The molecule has 6 nitrogen and oxygen atoms in total. The summed E-state index contributed by atoms with van der Waals surface area (Å²) in [5.41, 5.74) is 2.58. The molecule has 34 heavy (non-hydrogen) atoms. The van der Waals surface area contributed by atoms with E-state index >= 15 is 0 Å². The molecule has 0 aliphatic heterocycles. The molecular weight excluding hydrogens is 486 g/mol. The molecule has 0 saturated heterocycles. The quantitative estimate of drug-likeness (QED) is 0.285. The molecule has 1 N–H and O–H groups in total. The number of nitrogens with one attached hydrogen (secondary N) is 1. The Morgan fingerprint density at radius 1 is 1.12 bits per heavy atom. The minimum absolute atomic E-state index is 0.0755.